The van der Waals surface area contributed by atoms with Crippen LogP contribution in [0.25, 0.3) is 11.0 Å². The predicted octanol–water partition coefficient (Wildman–Crippen LogP) is 6.06. The highest BCUT2D eigenvalue weighted by Crippen LogP contribution is 2.24. The van der Waals surface area contributed by atoms with Crippen LogP contribution in [-0.4, -0.2) is 19.6 Å². The first-order valence-corrected chi connectivity index (χ1v) is 10.0. The Bertz CT molecular complexity index is 574. The number of rotatable bonds is 9. The van der Waals surface area contributed by atoms with Crippen LogP contribution in [-0.2, 0) is 6.42 Å². The van der Waals surface area contributed by atoms with Crippen LogP contribution in [0.2, 0.25) is 0 Å². The van der Waals surface area contributed by atoms with Crippen molar-refractivity contribution in [3.05, 3.63) is 36.2 Å². The second-order valence-electron chi connectivity index (χ2n) is 5.77. The van der Waals surface area contributed by atoms with Gasteiger partial charge in [0, 0.05) is 15.9 Å². The van der Waals surface area contributed by atoms with Gasteiger partial charge in [0.1, 0.15) is 0 Å². The van der Waals surface area contributed by atoms with Gasteiger partial charge in [-0.15, -0.1) is 0 Å². The zero-order valence-electron chi connectivity index (χ0n) is 13.1. The van der Waals surface area contributed by atoms with Gasteiger partial charge in [0.05, 0.1) is 16.7 Å². The number of halogens is 2. The molecule has 1 aromatic carbocycles. The first kappa shape index (κ1) is 17.9. The normalized spacial score (nSPS) is 14.1. The molecule has 0 bridgehead atoms. The van der Waals surface area contributed by atoms with Crippen LogP contribution in [0.15, 0.2) is 30.5 Å². The van der Waals surface area contributed by atoms with E-state index in [2.05, 4.69) is 48.8 Å². The van der Waals surface area contributed by atoms with Crippen LogP contribution in [0.1, 0.15) is 51.1 Å². The quantitative estimate of drug-likeness (QED) is 0.359. The number of aryl methyl sites for hydroxylation is 1. The van der Waals surface area contributed by atoms with Crippen LogP contribution in [0, 0.1) is 0 Å². The average Bonchev–Trinajstić information content (AvgIpc) is 2.54. The van der Waals surface area contributed by atoms with E-state index in [9.17, 15) is 0 Å². The van der Waals surface area contributed by atoms with E-state index in [4.69, 9.17) is 0 Å². The standard InChI is InChI=1S/C18H24Br2N2/c1-2-8-15(19)16(20)10-5-3-4-9-14-13-21-17-11-6-7-12-18(17)22-14/h6-7,11-13,15-16H,2-5,8-10H2,1H3. The van der Waals surface area contributed by atoms with Gasteiger partial charge in [-0.2, -0.15) is 0 Å². The molecule has 2 nitrogen and oxygen atoms in total. The van der Waals surface area contributed by atoms with Crippen molar-refractivity contribution < 1.29 is 0 Å². The molecular weight excluding hydrogens is 404 g/mol. The number of aromatic nitrogens is 2. The molecule has 2 aromatic rings. The minimum absolute atomic E-state index is 0.591. The Morgan fingerprint density at radius 2 is 1.68 bits per heavy atom. The van der Waals surface area contributed by atoms with E-state index in [1.165, 1.54) is 38.5 Å². The molecule has 2 atom stereocenters. The summed E-state index contributed by atoms with van der Waals surface area (Å²) in [5.74, 6) is 0. The van der Waals surface area contributed by atoms with Crippen LogP contribution in [0.4, 0.5) is 0 Å². The first-order valence-electron chi connectivity index (χ1n) is 8.19. The van der Waals surface area contributed by atoms with Gasteiger partial charge in [0.2, 0.25) is 0 Å². The lowest BCUT2D eigenvalue weighted by atomic mass is 10.1. The maximum Gasteiger partial charge on any atom is 0.0890 e. The summed E-state index contributed by atoms with van der Waals surface area (Å²) < 4.78 is 0. The Morgan fingerprint density at radius 1 is 0.955 bits per heavy atom. The van der Waals surface area contributed by atoms with Crippen molar-refractivity contribution in [2.45, 2.75) is 61.5 Å². The third-order valence-corrected chi connectivity index (χ3v) is 6.77. The molecule has 0 radical (unpaired) electrons. The number of hydrogen-bond donors (Lipinski definition) is 0. The van der Waals surface area contributed by atoms with Gasteiger partial charge in [-0.25, -0.2) is 4.98 Å². The van der Waals surface area contributed by atoms with E-state index in [0.29, 0.717) is 9.65 Å². The Labute approximate surface area is 150 Å². The molecule has 0 fully saturated rings. The van der Waals surface area contributed by atoms with Crippen LogP contribution >= 0.6 is 31.9 Å². The predicted molar refractivity (Wildman–Crippen MR) is 102 cm³/mol. The second kappa shape index (κ2) is 9.61. The topological polar surface area (TPSA) is 25.8 Å². The van der Waals surface area contributed by atoms with Gasteiger partial charge >= 0.3 is 0 Å². The molecule has 0 aliphatic rings. The average molecular weight is 428 g/mol. The summed E-state index contributed by atoms with van der Waals surface area (Å²) in [6.07, 6.45) is 10.4. The SMILES string of the molecule is CCCC(Br)C(Br)CCCCCc1cnc2ccccc2n1. The number of hydrogen-bond acceptors (Lipinski definition) is 2. The van der Waals surface area contributed by atoms with Crippen molar-refractivity contribution in [1.29, 1.82) is 0 Å². The van der Waals surface area contributed by atoms with E-state index >= 15 is 0 Å². The van der Waals surface area contributed by atoms with Crippen molar-refractivity contribution in [3.63, 3.8) is 0 Å². The largest absolute Gasteiger partial charge is 0.253 e. The molecule has 0 aliphatic heterocycles. The molecule has 0 amide bonds. The molecule has 2 unspecified atom stereocenters. The third kappa shape index (κ3) is 5.62. The molecular formula is C18H24Br2N2. The molecule has 22 heavy (non-hydrogen) atoms. The minimum Gasteiger partial charge on any atom is -0.253 e. The van der Waals surface area contributed by atoms with Crippen molar-refractivity contribution in [3.8, 4) is 0 Å². The molecule has 2 rings (SSSR count). The summed E-state index contributed by atoms with van der Waals surface area (Å²) >= 11 is 7.57. The summed E-state index contributed by atoms with van der Waals surface area (Å²) in [4.78, 5) is 10.3. The maximum absolute atomic E-state index is 4.68. The molecule has 120 valence electrons. The van der Waals surface area contributed by atoms with Gasteiger partial charge in [0.25, 0.3) is 0 Å². The monoisotopic (exact) mass is 426 g/mol. The second-order valence-corrected chi connectivity index (χ2v) is 8.12. The van der Waals surface area contributed by atoms with E-state index in [1.807, 2.05) is 30.5 Å². The number of fused-ring (bicyclic) bond motifs is 1. The zero-order valence-corrected chi connectivity index (χ0v) is 16.3. The van der Waals surface area contributed by atoms with Crippen molar-refractivity contribution in [2.24, 2.45) is 0 Å². The number of alkyl halides is 2. The summed E-state index contributed by atoms with van der Waals surface area (Å²) in [6, 6.07) is 8.06. The summed E-state index contributed by atoms with van der Waals surface area (Å²) in [5.41, 5.74) is 3.09. The maximum atomic E-state index is 4.68. The Kier molecular flexibility index (Phi) is 7.81. The zero-order chi connectivity index (χ0) is 15.8. The van der Waals surface area contributed by atoms with E-state index in [1.54, 1.807) is 0 Å². The smallest absolute Gasteiger partial charge is 0.0890 e. The lowest BCUT2D eigenvalue weighted by Gasteiger charge is -2.15. The van der Waals surface area contributed by atoms with E-state index in [-0.39, 0.29) is 0 Å². The van der Waals surface area contributed by atoms with Crippen LogP contribution in [0.5, 0.6) is 0 Å². The number of nitrogens with zero attached hydrogens (tertiary/aromatic N) is 2. The fourth-order valence-electron chi connectivity index (χ4n) is 2.58. The molecule has 0 aliphatic carbocycles. The fraction of sp³-hybridized carbons (Fsp3) is 0.556. The lowest BCUT2D eigenvalue weighted by Crippen LogP contribution is -2.13. The summed E-state index contributed by atoms with van der Waals surface area (Å²) in [7, 11) is 0. The van der Waals surface area contributed by atoms with Crippen molar-refractivity contribution >= 4 is 42.9 Å². The highest BCUT2D eigenvalue weighted by Gasteiger charge is 2.13. The molecule has 1 heterocycles. The molecule has 0 N–H and O–H groups in total. The van der Waals surface area contributed by atoms with Crippen molar-refractivity contribution in [2.75, 3.05) is 0 Å². The lowest BCUT2D eigenvalue weighted by molar-refractivity contribution is 0.601. The Morgan fingerprint density at radius 3 is 2.45 bits per heavy atom. The summed E-state index contributed by atoms with van der Waals surface area (Å²) in [5, 5.41) is 0. The first-order chi connectivity index (χ1) is 10.7. The minimum atomic E-state index is 0.591. The van der Waals surface area contributed by atoms with Gasteiger partial charge in [-0.05, 0) is 37.8 Å². The van der Waals surface area contributed by atoms with E-state index < -0.39 is 0 Å². The molecule has 4 heteroatoms. The van der Waals surface area contributed by atoms with Gasteiger partial charge in [-0.3, -0.25) is 4.98 Å². The van der Waals surface area contributed by atoms with Crippen LogP contribution in [0.3, 0.4) is 0 Å². The van der Waals surface area contributed by atoms with Crippen molar-refractivity contribution in [1.82, 2.24) is 9.97 Å². The Balaban J connectivity index is 1.69. The number of unbranched alkanes of at least 4 members (excludes halogenated alkanes) is 2. The highest BCUT2D eigenvalue weighted by molar-refractivity contribution is 9.12. The summed E-state index contributed by atoms with van der Waals surface area (Å²) in [6.45, 7) is 2.23. The molecule has 1 aromatic heterocycles. The molecule has 0 spiro atoms. The fourth-order valence-corrected chi connectivity index (χ4v) is 3.89. The number of para-hydroxylation sites is 2. The third-order valence-electron chi connectivity index (χ3n) is 3.87. The molecule has 0 saturated carbocycles. The molecule has 0 saturated heterocycles. The Hall–Kier alpha value is -0.480. The van der Waals surface area contributed by atoms with Gasteiger partial charge in [-0.1, -0.05) is 70.2 Å². The van der Waals surface area contributed by atoms with E-state index in [0.717, 1.165) is 23.1 Å². The van der Waals surface area contributed by atoms with Gasteiger partial charge < -0.3 is 0 Å². The number of benzene rings is 1. The highest BCUT2D eigenvalue weighted by atomic mass is 79.9. The van der Waals surface area contributed by atoms with Crippen LogP contribution < -0.4 is 0 Å². The van der Waals surface area contributed by atoms with Gasteiger partial charge in [0.15, 0.2) is 0 Å².